The highest BCUT2D eigenvalue weighted by Crippen LogP contribution is 2.39. The summed E-state index contributed by atoms with van der Waals surface area (Å²) >= 11 is 0. The first-order valence-corrected chi connectivity index (χ1v) is 24.1. The van der Waals surface area contributed by atoms with Crippen LogP contribution in [0.25, 0.3) is 0 Å². The van der Waals surface area contributed by atoms with Gasteiger partial charge in [0.05, 0.1) is 43.0 Å². The number of aromatic hydroxyl groups is 1. The molecule has 2 heterocycles. The molecule has 4 rings (SSSR count). The first-order valence-electron chi connectivity index (χ1n) is 24.1. The number of carboxylic acids is 1. The van der Waals surface area contributed by atoms with Crippen molar-refractivity contribution in [1.82, 2.24) is 10.6 Å². The number of rotatable bonds is 22. The predicted molar refractivity (Wildman–Crippen MR) is 255 cm³/mol. The molecule has 2 aliphatic rings. The second kappa shape index (κ2) is 26.7. The Morgan fingerprint density at radius 3 is 2.34 bits per heavy atom. The second-order valence-electron chi connectivity index (χ2n) is 19.4. The Kier molecular flexibility index (Phi) is 22.1. The van der Waals surface area contributed by atoms with Crippen LogP contribution in [-0.2, 0) is 11.2 Å². The number of hydrogen-bond acceptors (Lipinski definition) is 11. The summed E-state index contributed by atoms with van der Waals surface area (Å²) < 4.78 is 0. The van der Waals surface area contributed by atoms with Crippen LogP contribution in [0.15, 0.2) is 71.8 Å². The van der Waals surface area contributed by atoms with Crippen molar-refractivity contribution in [2.75, 3.05) is 13.2 Å². The van der Waals surface area contributed by atoms with Crippen molar-refractivity contribution < 1.29 is 50.8 Å². The van der Waals surface area contributed by atoms with Gasteiger partial charge in [-0.25, -0.2) is 0 Å². The van der Waals surface area contributed by atoms with E-state index >= 15 is 0 Å². The Balaban J connectivity index is 1.96. The number of aryl methyl sites for hydroxylation is 1. The number of fused-ring (bicyclic) bond motifs is 1. The van der Waals surface area contributed by atoms with E-state index in [1.54, 1.807) is 31.2 Å². The summed E-state index contributed by atoms with van der Waals surface area (Å²) in [5, 5.41) is 107. The lowest BCUT2D eigenvalue weighted by molar-refractivity contribution is -0.139. The minimum atomic E-state index is -1.48. The van der Waals surface area contributed by atoms with Crippen LogP contribution >= 0.6 is 0 Å². The van der Waals surface area contributed by atoms with Crippen LogP contribution in [0.2, 0.25) is 0 Å². The fourth-order valence-electron chi connectivity index (χ4n) is 9.89. The maximum absolute atomic E-state index is 13.1. The third-order valence-electron chi connectivity index (χ3n) is 13.9. The summed E-state index contributed by atoms with van der Waals surface area (Å²) in [6.45, 7) is 9.33. The Morgan fingerprint density at radius 2 is 1.68 bits per heavy atom. The average Bonchev–Trinajstić information content (AvgIpc) is 3.43. The van der Waals surface area contributed by atoms with Crippen molar-refractivity contribution in [3.8, 4) is 17.6 Å². The molecule has 1 saturated heterocycles. The number of phenols is 1. The normalized spacial score (nSPS) is 26.6. The maximum atomic E-state index is 13.1. The highest BCUT2D eigenvalue weighted by Gasteiger charge is 2.43. The minimum absolute atomic E-state index is 0.00227. The zero-order chi connectivity index (χ0) is 47.7. The van der Waals surface area contributed by atoms with E-state index in [4.69, 9.17) is 0 Å². The molecule has 0 amide bonds. The third-order valence-corrected chi connectivity index (χ3v) is 13.9. The van der Waals surface area contributed by atoms with Crippen LogP contribution in [0.1, 0.15) is 141 Å². The SMILES string of the molecule is CCCC[C@H](O)[C@H](O)/C=C/C1=C(\C[C@H](O)CO)[C@H](CC[C@H](O)[C@H]2N[C@@H](C)CC[C@@H](CO)[C@H]2CC(=O)O)N[C@@H]([C@@](C)(O)[C@H](CCC(C)C)c2ccc(O)cc2)CC#Cc2ccccc2CC1. The van der Waals surface area contributed by atoms with Crippen molar-refractivity contribution in [2.24, 2.45) is 17.8 Å². The van der Waals surface area contributed by atoms with E-state index in [1.807, 2.05) is 50.2 Å². The van der Waals surface area contributed by atoms with Gasteiger partial charge in [0.2, 0.25) is 0 Å². The molecular formula is C53H80N2O10. The molecule has 0 bridgehead atoms. The predicted octanol–water partition coefficient (Wildman–Crippen LogP) is 5.87. The number of nitrogens with one attached hydrogen (secondary N) is 2. The highest BCUT2D eigenvalue weighted by atomic mass is 16.4. The minimum Gasteiger partial charge on any atom is -0.508 e. The molecule has 0 radical (unpaired) electrons. The van der Waals surface area contributed by atoms with Crippen LogP contribution in [0.4, 0.5) is 0 Å². The van der Waals surface area contributed by atoms with Gasteiger partial charge in [0.25, 0.3) is 0 Å². The van der Waals surface area contributed by atoms with Crippen molar-refractivity contribution >= 4 is 5.97 Å². The molecule has 0 aliphatic carbocycles. The van der Waals surface area contributed by atoms with Gasteiger partial charge in [-0.2, -0.15) is 0 Å². The van der Waals surface area contributed by atoms with E-state index in [1.165, 1.54) is 0 Å². The Morgan fingerprint density at radius 1 is 0.954 bits per heavy atom. The number of aliphatic carboxylic acids is 1. The summed E-state index contributed by atoms with van der Waals surface area (Å²) in [5.74, 6) is 4.90. The Hall–Kier alpha value is -3.61. The molecule has 11 N–H and O–H groups in total. The first kappa shape index (κ1) is 54.0. The van der Waals surface area contributed by atoms with Gasteiger partial charge >= 0.3 is 5.97 Å². The van der Waals surface area contributed by atoms with E-state index in [0.29, 0.717) is 50.0 Å². The topological polar surface area (TPSA) is 223 Å². The van der Waals surface area contributed by atoms with Crippen molar-refractivity contribution in [2.45, 2.75) is 185 Å². The molecular weight excluding hydrogens is 825 g/mol. The van der Waals surface area contributed by atoms with Crippen LogP contribution < -0.4 is 10.6 Å². The van der Waals surface area contributed by atoms with Crippen LogP contribution in [0, 0.1) is 29.6 Å². The zero-order valence-corrected chi connectivity index (χ0v) is 39.4. The fourth-order valence-corrected chi connectivity index (χ4v) is 9.89. The molecule has 2 aromatic carbocycles. The number of carboxylic acid groups (broad SMARTS) is 1. The van der Waals surface area contributed by atoms with Gasteiger partial charge in [-0.15, -0.1) is 0 Å². The first-order chi connectivity index (χ1) is 31.0. The molecule has 0 spiro atoms. The Labute approximate surface area is 387 Å². The van der Waals surface area contributed by atoms with E-state index in [0.717, 1.165) is 41.5 Å². The molecule has 0 saturated carbocycles. The smallest absolute Gasteiger partial charge is 0.303 e. The number of phenolic OH excluding ortho intramolecular Hbond substituents is 1. The monoisotopic (exact) mass is 905 g/mol. The lowest BCUT2D eigenvalue weighted by Crippen LogP contribution is -2.56. The van der Waals surface area contributed by atoms with Gasteiger partial charge < -0.3 is 56.6 Å². The van der Waals surface area contributed by atoms with Gasteiger partial charge in [-0.1, -0.05) is 94.4 Å². The number of hydrogen-bond donors (Lipinski definition) is 11. The fraction of sp³-hybridized carbons (Fsp3) is 0.642. The standard InChI is InChI=1S/C53H80N2O10/c1-6-7-14-47(60)48(61)28-23-38-20-19-37-12-9-8-11-36(37)13-10-15-50(53(5,65)45(26-16-34(2)3)39-21-24-41(58)25-22-39)55-46(43(38)30-42(59)33-57)27-29-49(62)52-44(31-51(63)64)40(32-56)18-17-35(4)54-52/h8-9,11-12,21-25,28,34-35,40,42,44-50,52,54-62,65H,6-7,14-20,26-27,29-33H2,1-5H3,(H,63,64)/b28-23+,43-38+/t35-,40-,42-,44+,45+,46-,47-,48+,49-,50+,52-,53-/m0/s1. The van der Waals surface area contributed by atoms with Crippen molar-refractivity contribution in [3.05, 3.63) is 88.5 Å². The lowest BCUT2D eigenvalue weighted by atomic mass is 9.73. The molecule has 12 nitrogen and oxygen atoms in total. The maximum Gasteiger partial charge on any atom is 0.303 e. The average molecular weight is 905 g/mol. The number of benzene rings is 2. The van der Waals surface area contributed by atoms with Crippen LogP contribution in [0.5, 0.6) is 5.75 Å². The van der Waals surface area contributed by atoms with Gasteiger partial charge in [-0.3, -0.25) is 4.79 Å². The molecule has 0 unspecified atom stereocenters. The molecule has 0 aromatic heterocycles. The lowest BCUT2D eigenvalue weighted by Gasteiger charge is -2.43. The summed E-state index contributed by atoms with van der Waals surface area (Å²) in [6, 6.07) is 12.7. The number of carbonyl (C=O) groups is 1. The summed E-state index contributed by atoms with van der Waals surface area (Å²) in [7, 11) is 0. The van der Waals surface area contributed by atoms with Gasteiger partial charge in [0.15, 0.2) is 0 Å². The molecule has 362 valence electrons. The largest absolute Gasteiger partial charge is 0.508 e. The molecule has 2 aliphatic heterocycles. The molecule has 2 aromatic rings. The molecule has 12 heteroatoms. The quantitative estimate of drug-likeness (QED) is 0.0625. The number of aliphatic hydroxyl groups is 7. The molecule has 12 atom stereocenters. The summed E-state index contributed by atoms with van der Waals surface area (Å²) in [4.78, 5) is 12.2. The van der Waals surface area contributed by atoms with Gasteiger partial charge in [0.1, 0.15) is 5.75 Å². The number of allylic oxidation sites excluding steroid dienone is 2. The van der Waals surface area contributed by atoms with Crippen LogP contribution in [0.3, 0.4) is 0 Å². The molecule has 65 heavy (non-hydrogen) atoms. The summed E-state index contributed by atoms with van der Waals surface area (Å²) in [5.41, 5.74) is 2.62. The highest BCUT2D eigenvalue weighted by molar-refractivity contribution is 5.67. The van der Waals surface area contributed by atoms with Crippen molar-refractivity contribution in [3.63, 3.8) is 0 Å². The number of unbranched alkanes of at least 4 members (excludes halogenated alkanes) is 1. The third kappa shape index (κ3) is 16.3. The van der Waals surface area contributed by atoms with E-state index in [-0.39, 0.29) is 56.4 Å². The van der Waals surface area contributed by atoms with E-state index in [9.17, 15) is 50.8 Å². The van der Waals surface area contributed by atoms with Gasteiger partial charge in [-0.05, 0) is 130 Å². The molecule has 1 fully saturated rings. The second-order valence-corrected chi connectivity index (χ2v) is 19.4. The van der Waals surface area contributed by atoms with Gasteiger partial charge in [0, 0.05) is 48.7 Å². The van der Waals surface area contributed by atoms with E-state index < -0.39 is 72.6 Å². The number of aliphatic hydroxyl groups excluding tert-OH is 6. The Bertz CT molecular complexity index is 1870. The van der Waals surface area contributed by atoms with Crippen molar-refractivity contribution in [1.29, 1.82) is 0 Å². The van der Waals surface area contributed by atoms with Crippen LogP contribution in [-0.4, -0.2) is 119 Å². The summed E-state index contributed by atoms with van der Waals surface area (Å²) in [6.07, 6.45) is 5.01. The zero-order valence-electron chi connectivity index (χ0n) is 39.4. The van der Waals surface area contributed by atoms with E-state index in [2.05, 4.69) is 36.3 Å².